The van der Waals surface area contributed by atoms with Crippen molar-refractivity contribution in [1.29, 1.82) is 0 Å². The lowest BCUT2D eigenvalue weighted by Crippen LogP contribution is -2.02. The van der Waals surface area contributed by atoms with Gasteiger partial charge in [0.1, 0.15) is 18.3 Å². The standard InChI is InChI=1S/C7H6ClN5/c8-6-5(9)7(12-3-11-6)13-2-1-10-4-13/h1-4H,9H2. The van der Waals surface area contributed by atoms with Gasteiger partial charge in [-0.1, -0.05) is 11.6 Å². The molecular formula is C7H6ClN5. The fourth-order valence-corrected chi connectivity index (χ4v) is 1.08. The molecule has 0 saturated heterocycles. The summed E-state index contributed by atoms with van der Waals surface area (Å²) >= 11 is 5.72. The van der Waals surface area contributed by atoms with Gasteiger partial charge in [0.25, 0.3) is 0 Å². The first-order valence-corrected chi connectivity index (χ1v) is 3.91. The maximum Gasteiger partial charge on any atom is 0.166 e. The molecule has 0 spiro atoms. The molecular weight excluding hydrogens is 190 g/mol. The third-order valence-electron chi connectivity index (χ3n) is 1.56. The minimum atomic E-state index is 0.249. The van der Waals surface area contributed by atoms with Gasteiger partial charge < -0.3 is 5.73 Å². The minimum Gasteiger partial charge on any atom is -0.393 e. The predicted octanol–water partition coefficient (Wildman–Crippen LogP) is 0.898. The number of nitrogen functional groups attached to an aromatic ring is 1. The first-order chi connectivity index (χ1) is 6.29. The van der Waals surface area contributed by atoms with Crippen molar-refractivity contribution in [2.24, 2.45) is 0 Å². The molecule has 0 unspecified atom stereocenters. The number of nitrogens with two attached hydrogens (primary N) is 1. The average Bonchev–Trinajstić information content (AvgIpc) is 2.62. The highest BCUT2D eigenvalue weighted by Gasteiger charge is 2.06. The summed E-state index contributed by atoms with van der Waals surface area (Å²) in [6.07, 6.45) is 6.31. The maximum absolute atomic E-state index is 5.72. The predicted molar refractivity (Wildman–Crippen MR) is 48.6 cm³/mol. The first kappa shape index (κ1) is 8.00. The maximum atomic E-state index is 5.72. The molecule has 2 aromatic heterocycles. The van der Waals surface area contributed by atoms with Gasteiger partial charge in [0.15, 0.2) is 11.0 Å². The highest BCUT2D eigenvalue weighted by molar-refractivity contribution is 6.32. The molecule has 0 aliphatic heterocycles. The Hall–Kier alpha value is -1.62. The van der Waals surface area contributed by atoms with Crippen LogP contribution in [0.5, 0.6) is 0 Å². The third kappa shape index (κ3) is 1.33. The van der Waals surface area contributed by atoms with E-state index in [0.717, 1.165) is 0 Å². The molecule has 2 rings (SSSR count). The molecule has 2 heterocycles. The van der Waals surface area contributed by atoms with Crippen LogP contribution in [0.3, 0.4) is 0 Å². The summed E-state index contributed by atoms with van der Waals surface area (Å²) in [5.41, 5.74) is 6.02. The number of anilines is 1. The van der Waals surface area contributed by atoms with Crippen molar-refractivity contribution < 1.29 is 0 Å². The van der Waals surface area contributed by atoms with Crippen molar-refractivity contribution in [2.75, 3.05) is 5.73 Å². The molecule has 2 aromatic rings. The molecule has 0 aromatic carbocycles. The Balaban J connectivity index is 2.59. The molecule has 0 saturated carbocycles. The van der Waals surface area contributed by atoms with E-state index in [1.165, 1.54) is 6.33 Å². The summed E-state index contributed by atoms with van der Waals surface area (Å²) in [4.78, 5) is 11.6. The second-order valence-corrected chi connectivity index (χ2v) is 2.73. The largest absolute Gasteiger partial charge is 0.393 e. The van der Waals surface area contributed by atoms with Gasteiger partial charge >= 0.3 is 0 Å². The van der Waals surface area contributed by atoms with Gasteiger partial charge in [-0.05, 0) is 0 Å². The van der Waals surface area contributed by atoms with E-state index in [2.05, 4.69) is 15.0 Å². The van der Waals surface area contributed by atoms with Crippen LogP contribution < -0.4 is 5.73 Å². The van der Waals surface area contributed by atoms with Gasteiger partial charge in [0.05, 0.1) is 0 Å². The van der Waals surface area contributed by atoms with Gasteiger partial charge in [0, 0.05) is 12.4 Å². The summed E-state index contributed by atoms with van der Waals surface area (Å²) in [7, 11) is 0. The van der Waals surface area contributed by atoms with Crippen molar-refractivity contribution in [3.63, 3.8) is 0 Å². The van der Waals surface area contributed by atoms with Crippen LogP contribution in [0.15, 0.2) is 25.0 Å². The molecule has 6 heteroatoms. The fourth-order valence-electron chi connectivity index (χ4n) is 0.956. The van der Waals surface area contributed by atoms with Crippen LogP contribution in [0.4, 0.5) is 5.69 Å². The lowest BCUT2D eigenvalue weighted by molar-refractivity contribution is 0.976. The van der Waals surface area contributed by atoms with E-state index in [4.69, 9.17) is 17.3 Å². The van der Waals surface area contributed by atoms with Gasteiger partial charge in [0.2, 0.25) is 0 Å². The molecule has 2 N–H and O–H groups in total. The lowest BCUT2D eigenvalue weighted by atomic mass is 10.5. The van der Waals surface area contributed by atoms with Gasteiger partial charge in [-0.2, -0.15) is 0 Å². The van der Waals surface area contributed by atoms with E-state index in [-0.39, 0.29) is 5.15 Å². The second kappa shape index (κ2) is 3.02. The minimum absolute atomic E-state index is 0.249. The van der Waals surface area contributed by atoms with Crippen LogP contribution in [0, 0.1) is 0 Å². The van der Waals surface area contributed by atoms with Crippen LogP contribution in [0.25, 0.3) is 5.82 Å². The van der Waals surface area contributed by atoms with E-state index < -0.39 is 0 Å². The Morgan fingerprint density at radius 2 is 2.23 bits per heavy atom. The topological polar surface area (TPSA) is 69.6 Å². The van der Waals surface area contributed by atoms with Crippen molar-refractivity contribution in [3.05, 3.63) is 30.2 Å². The van der Waals surface area contributed by atoms with Gasteiger partial charge in [-0.3, -0.25) is 4.57 Å². The molecule has 0 bridgehead atoms. The molecule has 13 heavy (non-hydrogen) atoms. The Labute approximate surface area is 79.2 Å². The normalized spacial score (nSPS) is 10.2. The summed E-state index contributed by atoms with van der Waals surface area (Å²) in [6.45, 7) is 0. The van der Waals surface area contributed by atoms with Crippen molar-refractivity contribution >= 4 is 17.3 Å². The number of halogens is 1. The number of nitrogens with zero attached hydrogens (tertiary/aromatic N) is 4. The van der Waals surface area contributed by atoms with Crippen LogP contribution in [-0.2, 0) is 0 Å². The van der Waals surface area contributed by atoms with Gasteiger partial charge in [-0.25, -0.2) is 15.0 Å². The molecule has 66 valence electrons. The number of hydrogen-bond acceptors (Lipinski definition) is 4. The highest BCUT2D eigenvalue weighted by Crippen LogP contribution is 2.20. The molecule has 0 aliphatic rings. The van der Waals surface area contributed by atoms with Crippen molar-refractivity contribution in [2.45, 2.75) is 0 Å². The van der Waals surface area contributed by atoms with Crippen molar-refractivity contribution in [3.8, 4) is 5.82 Å². The summed E-state index contributed by atoms with van der Waals surface area (Å²) < 4.78 is 1.67. The molecule has 5 nitrogen and oxygen atoms in total. The monoisotopic (exact) mass is 195 g/mol. The molecule has 0 fully saturated rings. The Morgan fingerprint density at radius 3 is 2.92 bits per heavy atom. The van der Waals surface area contributed by atoms with E-state index in [0.29, 0.717) is 11.5 Å². The van der Waals surface area contributed by atoms with E-state index in [1.807, 2.05) is 0 Å². The average molecular weight is 196 g/mol. The van der Waals surface area contributed by atoms with Gasteiger partial charge in [-0.15, -0.1) is 0 Å². The molecule has 0 radical (unpaired) electrons. The zero-order valence-electron chi connectivity index (χ0n) is 6.55. The molecule has 0 atom stereocenters. The lowest BCUT2D eigenvalue weighted by Gasteiger charge is -2.04. The van der Waals surface area contributed by atoms with Crippen molar-refractivity contribution in [1.82, 2.24) is 19.5 Å². The van der Waals surface area contributed by atoms with Crippen LogP contribution in [0.1, 0.15) is 0 Å². The first-order valence-electron chi connectivity index (χ1n) is 3.53. The fraction of sp³-hybridized carbons (Fsp3) is 0. The Bertz CT molecular complexity index is 411. The molecule has 0 aliphatic carbocycles. The second-order valence-electron chi connectivity index (χ2n) is 2.37. The number of rotatable bonds is 1. The smallest absolute Gasteiger partial charge is 0.166 e. The SMILES string of the molecule is Nc1c(Cl)ncnc1-n1ccnc1. The van der Waals surface area contributed by atoms with Crippen LogP contribution >= 0.6 is 11.6 Å². The third-order valence-corrected chi connectivity index (χ3v) is 1.86. The van der Waals surface area contributed by atoms with Crippen LogP contribution in [0.2, 0.25) is 5.15 Å². The summed E-state index contributed by atoms with van der Waals surface area (Å²) in [6, 6.07) is 0. The Kier molecular flexibility index (Phi) is 1.86. The highest BCUT2D eigenvalue weighted by atomic mass is 35.5. The Morgan fingerprint density at radius 1 is 1.38 bits per heavy atom. The zero-order chi connectivity index (χ0) is 9.26. The van der Waals surface area contributed by atoms with Crippen LogP contribution in [-0.4, -0.2) is 19.5 Å². The zero-order valence-corrected chi connectivity index (χ0v) is 7.31. The number of imidazole rings is 1. The number of aromatic nitrogens is 4. The summed E-state index contributed by atoms with van der Waals surface area (Å²) in [5.74, 6) is 0.539. The summed E-state index contributed by atoms with van der Waals surface area (Å²) in [5, 5.41) is 0.249. The van der Waals surface area contributed by atoms with E-state index in [1.54, 1.807) is 23.3 Å². The molecule has 0 amide bonds. The van der Waals surface area contributed by atoms with E-state index in [9.17, 15) is 0 Å². The van der Waals surface area contributed by atoms with E-state index >= 15 is 0 Å². The quantitative estimate of drug-likeness (QED) is 0.687. The number of hydrogen-bond donors (Lipinski definition) is 1.